The Bertz CT molecular complexity index is 1270. The molecular formula is C23H19N3O5. The van der Waals surface area contributed by atoms with Crippen LogP contribution >= 0.6 is 0 Å². The fourth-order valence-electron chi connectivity index (χ4n) is 3.45. The van der Waals surface area contributed by atoms with Gasteiger partial charge in [0, 0.05) is 11.8 Å². The van der Waals surface area contributed by atoms with Crippen molar-refractivity contribution < 1.29 is 23.3 Å². The van der Waals surface area contributed by atoms with Crippen LogP contribution in [0.1, 0.15) is 21.7 Å². The van der Waals surface area contributed by atoms with Crippen molar-refractivity contribution in [2.75, 3.05) is 0 Å². The van der Waals surface area contributed by atoms with E-state index in [9.17, 15) is 14.4 Å². The zero-order chi connectivity index (χ0) is 22.0. The summed E-state index contributed by atoms with van der Waals surface area (Å²) in [6.45, 7) is 1.59. The molecule has 0 radical (unpaired) electrons. The van der Waals surface area contributed by atoms with E-state index in [0.29, 0.717) is 11.1 Å². The number of aromatic nitrogens is 1. The second-order valence-electron chi connectivity index (χ2n) is 7.05. The van der Waals surface area contributed by atoms with Gasteiger partial charge in [0.1, 0.15) is 34.9 Å². The summed E-state index contributed by atoms with van der Waals surface area (Å²) in [7, 11) is 0. The SMILES string of the molecule is Cc1onc(-c2coc3ccccc23)c1C(=O)NC(Cc1ccccc1)C(=O)C(N)=O. The van der Waals surface area contributed by atoms with Crippen LogP contribution in [-0.4, -0.2) is 28.8 Å². The summed E-state index contributed by atoms with van der Waals surface area (Å²) >= 11 is 0. The van der Waals surface area contributed by atoms with E-state index in [-0.39, 0.29) is 23.4 Å². The van der Waals surface area contributed by atoms with E-state index in [1.807, 2.05) is 24.3 Å². The van der Waals surface area contributed by atoms with Crippen LogP contribution in [0.3, 0.4) is 0 Å². The van der Waals surface area contributed by atoms with Crippen LogP contribution in [0.25, 0.3) is 22.2 Å². The van der Waals surface area contributed by atoms with Gasteiger partial charge in [-0.2, -0.15) is 0 Å². The van der Waals surface area contributed by atoms with Gasteiger partial charge in [0.25, 0.3) is 11.8 Å². The van der Waals surface area contributed by atoms with Gasteiger partial charge in [0.15, 0.2) is 0 Å². The Kier molecular flexibility index (Phi) is 5.36. The van der Waals surface area contributed by atoms with Crippen LogP contribution in [0.4, 0.5) is 0 Å². The van der Waals surface area contributed by atoms with Gasteiger partial charge in [0.05, 0.1) is 5.56 Å². The number of carbonyl (C=O) groups is 3. The number of fused-ring (bicyclic) bond motifs is 1. The fourth-order valence-corrected chi connectivity index (χ4v) is 3.45. The lowest BCUT2D eigenvalue weighted by atomic mass is 10.0. The van der Waals surface area contributed by atoms with Crippen molar-refractivity contribution in [1.82, 2.24) is 10.5 Å². The molecule has 0 fully saturated rings. The Balaban J connectivity index is 1.68. The number of carbonyl (C=O) groups excluding carboxylic acids is 3. The number of benzene rings is 2. The van der Waals surface area contributed by atoms with Crippen LogP contribution in [0.5, 0.6) is 0 Å². The van der Waals surface area contributed by atoms with Gasteiger partial charge >= 0.3 is 0 Å². The largest absolute Gasteiger partial charge is 0.464 e. The number of amides is 2. The summed E-state index contributed by atoms with van der Waals surface area (Å²) in [4.78, 5) is 37.1. The lowest BCUT2D eigenvalue weighted by Crippen LogP contribution is -2.47. The predicted octanol–water partition coefficient (Wildman–Crippen LogP) is 2.79. The summed E-state index contributed by atoms with van der Waals surface area (Å²) < 4.78 is 10.8. The second kappa shape index (κ2) is 8.27. The summed E-state index contributed by atoms with van der Waals surface area (Å²) in [6.07, 6.45) is 1.61. The highest BCUT2D eigenvalue weighted by Gasteiger charge is 2.30. The normalized spacial score (nSPS) is 11.9. The average molecular weight is 417 g/mol. The van der Waals surface area contributed by atoms with Gasteiger partial charge in [-0.05, 0) is 18.6 Å². The van der Waals surface area contributed by atoms with Crippen LogP contribution in [0.2, 0.25) is 0 Å². The number of nitrogens with one attached hydrogen (secondary N) is 1. The molecule has 156 valence electrons. The molecule has 8 nitrogen and oxygen atoms in total. The molecule has 2 amide bonds. The Morgan fingerprint density at radius 2 is 1.77 bits per heavy atom. The van der Waals surface area contributed by atoms with E-state index in [2.05, 4.69) is 10.5 Å². The highest BCUT2D eigenvalue weighted by Crippen LogP contribution is 2.33. The molecule has 1 atom stereocenters. The topological polar surface area (TPSA) is 128 Å². The molecule has 2 heterocycles. The molecule has 31 heavy (non-hydrogen) atoms. The number of Topliss-reactive ketones (excluding diaryl/α,β-unsaturated/α-hetero) is 1. The number of primary amides is 1. The molecular weight excluding hydrogens is 398 g/mol. The molecule has 2 aromatic heterocycles. The zero-order valence-electron chi connectivity index (χ0n) is 16.6. The molecule has 0 saturated heterocycles. The van der Waals surface area contributed by atoms with Crippen molar-refractivity contribution in [3.63, 3.8) is 0 Å². The highest BCUT2D eigenvalue weighted by molar-refractivity contribution is 6.38. The van der Waals surface area contributed by atoms with Gasteiger partial charge in [-0.15, -0.1) is 0 Å². The number of nitrogens with two attached hydrogens (primary N) is 1. The van der Waals surface area contributed by atoms with Gasteiger partial charge in [-0.3, -0.25) is 14.4 Å². The molecule has 4 aromatic rings. The summed E-state index contributed by atoms with van der Waals surface area (Å²) in [5, 5.41) is 7.41. The van der Waals surface area contributed by atoms with Gasteiger partial charge < -0.3 is 20.0 Å². The monoisotopic (exact) mass is 417 g/mol. The third-order valence-corrected chi connectivity index (χ3v) is 4.97. The van der Waals surface area contributed by atoms with E-state index in [4.69, 9.17) is 14.7 Å². The Morgan fingerprint density at radius 3 is 2.52 bits per heavy atom. The molecule has 0 aliphatic heterocycles. The molecule has 1 unspecified atom stereocenters. The lowest BCUT2D eigenvalue weighted by Gasteiger charge is -2.16. The molecule has 0 saturated carbocycles. The molecule has 8 heteroatoms. The quantitative estimate of drug-likeness (QED) is 0.445. The summed E-state index contributed by atoms with van der Waals surface area (Å²) in [5.41, 5.74) is 7.62. The van der Waals surface area contributed by atoms with Crippen molar-refractivity contribution >= 4 is 28.6 Å². The molecule has 2 aromatic carbocycles. The molecule has 0 spiro atoms. The average Bonchev–Trinajstić information content (AvgIpc) is 3.36. The summed E-state index contributed by atoms with van der Waals surface area (Å²) in [5.74, 6) is -2.34. The first-order valence-corrected chi connectivity index (χ1v) is 9.57. The molecule has 4 rings (SSSR count). The Hall–Kier alpha value is -4.20. The van der Waals surface area contributed by atoms with Crippen LogP contribution in [0.15, 0.2) is 69.8 Å². The van der Waals surface area contributed by atoms with Crippen LogP contribution in [-0.2, 0) is 16.0 Å². The van der Waals surface area contributed by atoms with Crippen molar-refractivity contribution in [3.8, 4) is 11.3 Å². The zero-order valence-corrected chi connectivity index (χ0v) is 16.6. The number of para-hydroxylation sites is 1. The van der Waals surface area contributed by atoms with E-state index >= 15 is 0 Å². The predicted molar refractivity (Wildman–Crippen MR) is 112 cm³/mol. The highest BCUT2D eigenvalue weighted by atomic mass is 16.5. The molecule has 0 bridgehead atoms. The van der Waals surface area contributed by atoms with Crippen molar-refractivity contribution in [2.24, 2.45) is 5.73 Å². The first-order chi connectivity index (χ1) is 15.0. The fraction of sp³-hybridized carbons (Fsp3) is 0.130. The van der Waals surface area contributed by atoms with Crippen molar-refractivity contribution in [2.45, 2.75) is 19.4 Å². The minimum atomic E-state index is -1.13. The van der Waals surface area contributed by atoms with E-state index < -0.39 is 23.6 Å². The molecule has 3 N–H and O–H groups in total. The maximum Gasteiger partial charge on any atom is 0.287 e. The first kappa shape index (κ1) is 20.1. The van der Waals surface area contributed by atoms with E-state index in [1.165, 1.54) is 6.26 Å². The number of hydrogen-bond acceptors (Lipinski definition) is 6. The number of aryl methyl sites for hydroxylation is 1. The van der Waals surface area contributed by atoms with Gasteiger partial charge in [-0.1, -0.05) is 53.7 Å². The minimum Gasteiger partial charge on any atom is -0.464 e. The van der Waals surface area contributed by atoms with Gasteiger partial charge in [-0.25, -0.2) is 0 Å². The molecule has 0 aliphatic rings. The van der Waals surface area contributed by atoms with E-state index in [1.54, 1.807) is 37.3 Å². The molecule has 0 aliphatic carbocycles. The number of furan rings is 1. The number of nitrogens with zero attached hydrogens (tertiary/aromatic N) is 1. The van der Waals surface area contributed by atoms with Crippen molar-refractivity contribution in [3.05, 3.63) is 77.7 Å². The minimum absolute atomic E-state index is 0.114. The third-order valence-electron chi connectivity index (χ3n) is 4.97. The Labute approximate surface area is 177 Å². The van der Waals surface area contributed by atoms with Gasteiger partial charge in [0.2, 0.25) is 5.78 Å². The first-order valence-electron chi connectivity index (χ1n) is 9.57. The number of ketones is 1. The summed E-state index contributed by atoms with van der Waals surface area (Å²) in [6, 6.07) is 15.2. The number of hydrogen-bond donors (Lipinski definition) is 2. The second-order valence-corrected chi connectivity index (χ2v) is 7.05. The smallest absolute Gasteiger partial charge is 0.287 e. The Morgan fingerprint density at radius 1 is 1.06 bits per heavy atom. The van der Waals surface area contributed by atoms with Crippen molar-refractivity contribution in [1.29, 1.82) is 0 Å². The third kappa shape index (κ3) is 3.95. The van der Waals surface area contributed by atoms with Crippen LogP contribution < -0.4 is 11.1 Å². The maximum atomic E-state index is 13.2. The lowest BCUT2D eigenvalue weighted by molar-refractivity contribution is -0.137. The standard InChI is InChI=1S/C23H19N3O5/c1-13-19(20(26-31-13)16-12-30-18-10-6-5-9-15(16)18)23(29)25-17(21(27)22(24)28)11-14-7-3-2-4-8-14/h2-10,12,17H,11H2,1H3,(H2,24,28)(H,25,29). The maximum absolute atomic E-state index is 13.2. The van der Waals surface area contributed by atoms with E-state index in [0.717, 1.165) is 10.9 Å². The number of rotatable bonds is 7. The van der Waals surface area contributed by atoms with Crippen LogP contribution in [0, 0.1) is 6.92 Å².